The van der Waals surface area contributed by atoms with Crippen molar-refractivity contribution in [3.05, 3.63) is 35.4 Å². The van der Waals surface area contributed by atoms with Crippen LogP contribution < -0.4 is 5.32 Å². The third-order valence-corrected chi connectivity index (χ3v) is 2.63. The number of nitrogens with zero attached hydrogens (tertiary/aromatic N) is 2. The topological polar surface area (TPSA) is 56.1 Å². The van der Waals surface area contributed by atoms with Crippen LogP contribution in [0.2, 0.25) is 0 Å². The van der Waals surface area contributed by atoms with E-state index in [1.54, 1.807) is 24.1 Å². The summed E-state index contributed by atoms with van der Waals surface area (Å²) in [7, 11) is 1.75. The summed E-state index contributed by atoms with van der Waals surface area (Å²) in [5.74, 6) is 0. The average Bonchev–Trinajstić information content (AvgIpc) is 2.39. The highest BCUT2D eigenvalue weighted by atomic mass is 16.2. The zero-order chi connectivity index (χ0) is 13.4. The van der Waals surface area contributed by atoms with E-state index in [4.69, 9.17) is 5.26 Å². The van der Waals surface area contributed by atoms with Crippen molar-refractivity contribution in [1.82, 2.24) is 10.2 Å². The number of carbonyl (C=O) groups excluding carboxylic acids is 1. The van der Waals surface area contributed by atoms with Crippen molar-refractivity contribution >= 4 is 6.03 Å². The normalized spacial score (nSPS) is 9.61. The highest BCUT2D eigenvalue weighted by molar-refractivity contribution is 5.73. The molecule has 0 atom stereocenters. The van der Waals surface area contributed by atoms with Crippen LogP contribution in [0.3, 0.4) is 0 Å². The lowest BCUT2D eigenvalue weighted by molar-refractivity contribution is 0.207. The molecule has 0 saturated heterocycles. The second-order valence-corrected chi connectivity index (χ2v) is 4.25. The molecular formula is C14H19N3O. The predicted molar refractivity (Wildman–Crippen MR) is 70.9 cm³/mol. The first-order valence-corrected chi connectivity index (χ1v) is 6.15. The minimum absolute atomic E-state index is 0.0780. The molecule has 0 unspecified atom stereocenters. The molecule has 1 N–H and O–H groups in total. The fraction of sp³-hybridized carbons (Fsp3) is 0.429. The second kappa shape index (κ2) is 7.33. The quantitative estimate of drug-likeness (QED) is 0.810. The van der Waals surface area contributed by atoms with Gasteiger partial charge in [-0.05, 0) is 24.1 Å². The first-order valence-electron chi connectivity index (χ1n) is 6.15. The Labute approximate surface area is 108 Å². The SMILES string of the molecule is CCCCNC(=O)N(C)Cc1cccc(C#N)c1. The molecule has 4 heteroatoms. The molecule has 0 aliphatic rings. The van der Waals surface area contributed by atoms with Gasteiger partial charge in [0.25, 0.3) is 0 Å². The Balaban J connectivity index is 2.50. The second-order valence-electron chi connectivity index (χ2n) is 4.25. The van der Waals surface area contributed by atoms with E-state index in [2.05, 4.69) is 18.3 Å². The molecule has 1 aromatic rings. The van der Waals surface area contributed by atoms with Crippen LogP contribution >= 0.6 is 0 Å². The zero-order valence-corrected chi connectivity index (χ0v) is 10.9. The Kier molecular flexibility index (Phi) is 5.72. The van der Waals surface area contributed by atoms with Crippen LogP contribution in [-0.2, 0) is 6.54 Å². The summed E-state index contributed by atoms with van der Waals surface area (Å²) in [6.07, 6.45) is 2.05. The van der Waals surface area contributed by atoms with Gasteiger partial charge < -0.3 is 10.2 Å². The summed E-state index contributed by atoms with van der Waals surface area (Å²) in [6, 6.07) is 9.31. The lowest BCUT2D eigenvalue weighted by Crippen LogP contribution is -2.37. The molecule has 0 heterocycles. The largest absolute Gasteiger partial charge is 0.338 e. The summed E-state index contributed by atoms with van der Waals surface area (Å²) in [5, 5.41) is 11.7. The van der Waals surface area contributed by atoms with Crippen molar-refractivity contribution < 1.29 is 4.79 Å². The molecule has 1 aromatic carbocycles. The van der Waals surface area contributed by atoms with Gasteiger partial charge in [0.15, 0.2) is 0 Å². The minimum Gasteiger partial charge on any atom is -0.338 e. The molecule has 0 bridgehead atoms. The number of unbranched alkanes of at least 4 members (excludes halogenated alkanes) is 1. The van der Waals surface area contributed by atoms with Gasteiger partial charge in [0, 0.05) is 20.1 Å². The molecule has 0 radical (unpaired) electrons. The van der Waals surface area contributed by atoms with Crippen LogP contribution in [0.15, 0.2) is 24.3 Å². The van der Waals surface area contributed by atoms with E-state index in [0.717, 1.165) is 18.4 Å². The Hall–Kier alpha value is -2.02. The minimum atomic E-state index is -0.0780. The van der Waals surface area contributed by atoms with Crippen molar-refractivity contribution in [3.63, 3.8) is 0 Å². The smallest absolute Gasteiger partial charge is 0.317 e. The molecule has 2 amide bonds. The Morgan fingerprint density at radius 3 is 2.94 bits per heavy atom. The van der Waals surface area contributed by atoms with Gasteiger partial charge in [-0.2, -0.15) is 5.26 Å². The van der Waals surface area contributed by atoms with E-state index in [1.807, 2.05) is 12.1 Å². The maximum atomic E-state index is 11.7. The fourth-order valence-electron chi connectivity index (χ4n) is 1.59. The van der Waals surface area contributed by atoms with Gasteiger partial charge in [0.1, 0.15) is 0 Å². The van der Waals surface area contributed by atoms with Crippen molar-refractivity contribution in [2.75, 3.05) is 13.6 Å². The van der Waals surface area contributed by atoms with E-state index >= 15 is 0 Å². The van der Waals surface area contributed by atoms with Gasteiger partial charge >= 0.3 is 6.03 Å². The number of hydrogen-bond acceptors (Lipinski definition) is 2. The summed E-state index contributed by atoms with van der Waals surface area (Å²) >= 11 is 0. The van der Waals surface area contributed by atoms with E-state index in [9.17, 15) is 4.79 Å². The molecule has 0 fully saturated rings. The molecule has 4 nitrogen and oxygen atoms in total. The van der Waals surface area contributed by atoms with Crippen LogP contribution in [0.5, 0.6) is 0 Å². The Bertz CT molecular complexity index is 437. The molecule has 0 saturated carbocycles. The fourth-order valence-corrected chi connectivity index (χ4v) is 1.59. The van der Waals surface area contributed by atoms with Gasteiger partial charge in [0.2, 0.25) is 0 Å². The van der Waals surface area contributed by atoms with E-state index < -0.39 is 0 Å². The highest BCUT2D eigenvalue weighted by Crippen LogP contribution is 2.06. The zero-order valence-electron chi connectivity index (χ0n) is 10.9. The first-order chi connectivity index (χ1) is 8.67. The number of rotatable bonds is 5. The van der Waals surface area contributed by atoms with Crippen molar-refractivity contribution in [3.8, 4) is 6.07 Å². The average molecular weight is 245 g/mol. The monoisotopic (exact) mass is 245 g/mol. The number of urea groups is 1. The van der Waals surface area contributed by atoms with Gasteiger partial charge in [0.05, 0.1) is 11.6 Å². The van der Waals surface area contributed by atoms with Crippen LogP contribution in [0.25, 0.3) is 0 Å². The molecule has 0 aliphatic heterocycles. The molecule has 0 aliphatic carbocycles. The van der Waals surface area contributed by atoms with Gasteiger partial charge in [-0.25, -0.2) is 4.79 Å². The number of benzene rings is 1. The standard InChI is InChI=1S/C14H19N3O/c1-3-4-8-16-14(18)17(2)11-13-7-5-6-12(9-13)10-15/h5-7,9H,3-4,8,11H2,1-2H3,(H,16,18). The van der Waals surface area contributed by atoms with E-state index in [1.165, 1.54) is 0 Å². The van der Waals surface area contributed by atoms with Crippen LogP contribution in [0.1, 0.15) is 30.9 Å². The third kappa shape index (κ3) is 4.46. The molecule has 0 aromatic heterocycles. The summed E-state index contributed by atoms with van der Waals surface area (Å²) in [4.78, 5) is 13.3. The van der Waals surface area contributed by atoms with Crippen LogP contribution in [-0.4, -0.2) is 24.5 Å². The number of nitrogens with one attached hydrogen (secondary N) is 1. The number of carbonyl (C=O) groups is 1. The highest BCUT2D eigenvalue weighted by Gasteiger charge is 2.08. The molecular weight excluding hydrogens is 226 g/mol. The van der Waals surface area contributed by atoms with E-state index in [-0.39, 0.29) is 6.03 Å². The Morgan fingerprint density at radius 1 is 1.50 bits per heavy atom. The van der Waals surface area contributed by atoms with Gasteiger partial charge in [-0.3, -0.25) is 0 Å². The number of nitriles is 1. The molecule has 1 rings (SSSR count). The predicted octanol–water partition coefficient (Wildman–Crippen LogP) is 2.50. The summed E-state index contributed by atoms with van der Waals surface area (Å²) in [6.45, 7) is 3.30. The molecule has 0 spiro atoms. The van der Waals surface area contributed by atoms with Crippen LogP contribution in [0, 0.1) is 11.3 Å². The third-order valence-electron chi connectivity index (χ3n) is 2.63. The molecule has 18 heavy (non-hydrogen) atoms. The van der Waals surface area contributed by atoms with Crippen molar-refractivity contribution in [2.24, 2.45) is 0 Å². The lowest BCUT2D eigenvalue weighted by atomic mass is 10.1. The number of amides is 2. The summed E-state index contributed by atoms with van der Waals surface area (Å²) in [5.41, 5.74) is 1.58. The van der Waals surface area contributed by atoms with Gasteiger partial charge in [-0.1, -0.05) is 25.5 Å². The van der Waals surface area contributed by atoms with Crippen LogP contribution in [0.4, 0.5) is 4.79 Å². The van der Waals surface area contributed by atoms with Crippen molar-refractivity contribution in [2.45, 2.75) is 26.3 Å². The number of hydrogen-bond donors (Lipinski definition) is 1. The van der Waals surface area contributed by atoms with E-state index in [0.29, 0.717) is 18.7 Å². The maximum absolute atomic E-state index is 11.7. The first kappa shape index (κ1) is 14.0. The summed E-state index contributed by atoms with van der Waals surface area (Å²) < 4.78 is 0. The maximum Gasteiger partial charge on any atom is 0.317 e. The van der Waals surface area contributed by atoms with Crippen molar-refractivity contribution in [1.29, 1.82) is 5.26 Å². The lowest BCUT2D eigenvalue weighted by Gasteiger charge is -2.18. The van der Waals surface area contributed by atoms with Gasteiger partial charge in [-0.15, -0.1) is 0 Å². The Morgan fingerprint density at radius 2 is 2.28 bits per heavy atom. The molecule has 96 valence electrons.